The number of anilines is 1. The zero-order valence-corrected chi connectivity index (χ0v) is 15.6. The van der Waals surface area contributed by atoms with E-state index in [-0.39, 0.29) is 0 Å². The van der Waals surface area contributed by atoms with Crippen molar-refractivity contribution in [2.24, 2.45) is 4.99 Å². The molecule has 136 valence electrons. The number of rotatable bonds is 4. The van der Waals surface area contributed by atoms with Gasteiger partial charge >= 0.3 is 6.09 Å². The standard InChI is InChI=1S/C19H19Cl2N3O2/c20-14-10-15(21)12-16(11-14)24-19(25)26-17(13-6-2-1-3-7-13)18-22-8-4-5-9-23-18/h1-3,6-7,10-12,17H,4-5,8-9H2,(H,22,23)(H,24,25). The van der Waals surface area contributed by atoms with Crippen LogP contribution in [0.2, 0.25) is 10.0 Å². The van der Waals surface area contributed by atoms with E-state index in [0.29, 0.717) is 28.1 Å². The number of ether oxygens (including phenoxy) is 1. The van der Waals surface area contributed by atoms with E-state index < -0.39 is 12.2 Å². The summed E-state index contributed by atoms with van der Waals surface area (Å²) in [6, 6.07) is 14.3. The molecule has 1 aliphatic heterocycles. The van der Waals surface area contributed by atoms with Crippen molar-refractivity contribution >= 4 is 40.8 Å². The maximum atomic E-state index is 12.4. The fraction of sp³-hybridized carbons (Fsp3) is 0.263. The van der Waals surface area contributed by atoms with Crippen molar-refractivity contribution in [1.82, 2.24) is 5.32 Å². The molecule has 0 aliphatic carbocycles. The van der Waals surface area contributed by atoms with Crippen molar-refractivity contribution in [3.8, 4) is 0 Å². The second-order valence-corrected chi connectivity index (χ2v) is 6.75. The molecule has 5 nitrogen and oxygen atoms in total. The van der Waals surface area contributed by atoms with E-state index in [4.69, 9.17) is 27.9 Å². The Kier molecular flexibility index (Phi) is 6.36. The van der Waals surface area contributed by atoms with Gasteiger partial charge in [0.05, 0.1) is 0 Å². The predicted molar refractivity (Wildman–Crippen MR) is 105 cm³/mol. The number of nitrogens with zero attached hydrogens (tertiary/aromatic N) is 1. The number of benzene rings is 2. The number of nitrogens with one attached hydrogen (secondary N) is 2. The Hall–Kier alpha value is -2.24. The predicted octanol–water partition coefficient (Wildman–Crippen LogP) is 5.07. The Labute approximate surface area is 162 Å². The monoisotopic (exact) mass is 391 g/mol. The van der Waals surface area contributed by atoms with Crippen molar-refractivity contribution in [2.75, 3.05) is 18.4 Å². The van der Waals surface area contributed by atoms with Gasteiger partial charge in [0, 0.05) is 34.4 Å². The number of carbonyl (C=O) groups is 1. The van der Waals surface area contributed by atoms with Crippen LogP contribution in [0.4, 0.5) is 10.5 Å². The molecule has 0 radical (unpaired) electrons. The van der Waals surface area contributed by atoms with E-state index in [1.165, 1.54) is 0 Å². The average molecular weight is 392 g/mol. The summed E-state index contributed by atoms with van der Waals surface area (Å²) in [6.07, 6.45) is 0.822. The third-order valence-electron chi connectivity index (χ3n) is 3.86. The van der Waals surface area contributed by atoms with Gasteiger partial charge in [-0.2, -0.15) is 0 Å². The first kappa shape index (κ1) is 18.5. The molecule has 7 heteroatoms. The fourth-order valence-electron chi connectivity index (χ4n) is 2.67. The van der Waals surface area contributed by atoms with Crippen LogP contribution in [0.5, 0.6) is 0 Å². The summed E-state index contributed by atoms with van der Waals surface area (Å²) < 4.78 is 5.69. The molecule has 26 heavy (non-hydrogen) atoms. The van der Waals surface area contributed by atoms with Crippen LogP contribution in [0.1, 0.15) is 24.5 Å². The number of amides is 1. The molecule has 0 fully saturated rings. The SMILES string of the molecule is O=C(Nc1cc(Cl)cc(Cl)c1)OC(C1=NCCCCN1)c1ccccc1. The second kappa shape index (κ2) is 8.92. The topological polar surface area (TPSA) is 62.7 Å². The summed E-state index contributed by atoms with van der Waals surface area (Å²) in [5.41, 5.74) is 1.31. The normalized spacial score (nSPS) is 15.2. The molecule has 0 bridgehead atoms. The van der Waals surface area contributed by atoms with Gasteiger partial charge < -0.3 is 10.1 Å². The molecule has 0 saturated heterocycles. The summed E-state index contributed by atoms with van der Waals surface area (Å²) in [7, 11) is 0. The van der Waals surface area contributed by atoms with Crippen molar-refractivity contribution in [1.29, 1.82) is 0 Å². The van der Waals surface area contributed by atoms with E-state index in [1.54, 1.807) is 18.2 Å². The summed E-state index contributed by atoms with van der Waals surface area (Å²) in [6.45, 7) is 1.51. The average Bonchev–Trinajstić information content (AvgIpc) is 2.89. The molecule has 0 saturated carbocycles. The molecule has 1 amide bonds. The van der Waals surface area contributed by atoms with Crippen LogP contribution in [0.3, 0.4) is 0 Å². The van der Waals surface area contributed by atoms with Crippen LogP contribution in [0.15, 0.2) is 53.5 Å². The second-order valence-electron chi connectivity index (χ2n) is 5.88. The van der Waals surface area contributed by atoms with Gasteiger partial charge in [-0.1, -0.05) is 53.5 Å². The first-order chi connectivity index (χ1) is 12.6. The van der Waals surface area contributed by atoms with Gasteiger partial charge in [0.15, 0.2) is 6.10 Å². The van der Waals surface area contributed by atoms with Crippen molar-refractivity contribution < 1.29 is 9.53 Å². The van der Waals surface area contributed by atoms with Crippen LogP contribution in [0, 0.1) is 0 Å². The van der Waals surface area contributed by atoms with Gasteiger partial charge in [-0.15, -0.1) is 0 Å². The third-order valence-corrected chi connectivity index (χ3v) is 4.29. The molecular formula is C19H19Cl2N3O2. The van der Waals surface area contributed by atoms with Crippen LogP contribution in [-0.2, 0) is 4.74 Å². The maximum Gasteiger partial charge on any atom is 0.412 e. The van der Waals surface area contributed by atoms with Gasteiger partial charge in [-0.25, -0.2) is 4.79 Å². The molecule has 1 unspecified atom stereocenters. The lowest BCUT2D eigenvalue weighted by Crippen LogP contribution is -2.33. The van der Waals surface area contributed by atoms with E-state index in [2.05, 4.69) is 15.6 Å². The summed E-state index contributed by atoms with van der Waals surface area (Å²) in [5, 5.41) is 6.80. The Morgan fingerprint density at radius 2 is 1.85 bits per heavy atom. The minimum Gasteiger partial charge on any atom is -0.433 e. The quantitative estimate of drug-likeness (QED) is 0.764. The summed E-state index contributed by atoms with van der Waals surface area (Å²) in [4.78, 5) is 17.0. The molecule has 1 atom stereocenters. The number of hydrogen-bond acceptors (Lipinski definition) is 4. The van der Waals surface area contributed by atoms with Crippen molar-refractivity contribution in [3.63, 3.8) is 0 Å². The lowest BCUT2D eigenvalue weighted by atomic mass is 10.1. The van der Waals surface area contributed by atoms with Gasteiger partial charge in [0.25, 0.3) is 0 Å². The molecule has 1 aliphatic rings. The minimum atomic E-state index is -0.607. The zero-order chi connectivity index (χ0) is 18.4. The third kappa shape index (κ3) is 5.13. The first-order valence-corrected chi connectivity index (χ1v) is 9.14. The first-order valence-electron chi connectivity index (χ1n) is 8.39. The number of hydrogen-bond donors (Lipinski definition) is 2. The molecule has 1 heterocycles. The minimum absolute atomic E-state index is 0.433. The van der Waals surface area contributed by atoms with Gasteiger partial charge in [-0.05, 0) is 31.0 Å². The molecule has 2 aromatic rings. The van der Waals surface area contributed by atoms with Gasteiger partial charge in [0.1, 0.15) is 5.84 Å². The molecule has 2 aromatic carbocycles. The maximum absolute atomic E-state index is 12.4. The molecule has 0 aromatic heterocycles. The Morgan fingerprint density at radius 3 is 2.58 bits per heavy atom. The van der Waals surface area contributed by atoms with Crippen LogP contribution < -0.4 is 10.6 Å². The molecule has 0 spiro atoms. The largest absolute Gasteiger partial charge is 0.433 e. The van der Waals surface area contributed by atoms with E-state index in [1.807, 2.05) is 30.3 Å². The molecular weight excluding hydrogens is 373 g/mol. The van der Waals surface area contributed by atoms with E-state index >= 15 is 0 Å². The highest BCUT2D eigenvalue weighted by Gasteiger charge is 2.23. The summed E-state index contributed by atoms with van der Waals surface area (Å²) >= 11 is 11.9. The fourth-order valence-corrected chi connectivity index (χ4v) is 3.20. The highest BCUT2D eigenvalue weighted by molar-refractivity contribution is 6.35. The van der Waals surface area contributed by atoms with E-state index in [0.717, 1.165) is 24.9 Å². The smallest absolute Gasteiger partial charge is 0.412 e. The molecule has 3 rings (SSSR count). The Balaban J connectivity index is 1.78. The van der Waals surface area contributed by atoms with Crippen LogP contribution in [-0.4, -0.2) is 25.0 Å². The van der Waals surface area contributed by atoms with Crippen LogP contribution >= 0.6 is 23.2 Å². The summed E-state index contributed by atoms with van der Waals surface area (Å²) in [5.74, 6) is 0.660. The van der Waals surface area contributed by atoms with E-state index in [9.17, 15) is 4.79 Å². The number of halogens is 2. The Bertz CT molecular complexity index is 776. The molecule has 2 N–H and O–H groups in total. The highest BCUT2D eigenvalue weighted by atomic mass is 35.5. The van der Waals surface area contributed by atoms with Gasteiger partial charge in [-0.3, -0.25) is 10.3 Å². The lowest BCUT2D eigenvalue weighted by molar-refractivity contribution is 0.141. The number of amidine groups is 1. The zero-order valence-electron chi connectivity index (χ0n) is 14.0. The Morgan fingerprint density at radius 1 is 1.12 bits per heavy atom. The van der Waals surface area contributed by atoms with Crippen molar-refractivity contribution in [2.45, 2.75) is 18.9 Å². The number of carbonyl (C=O) groups excluding carboxylic acids is 1. The van der Waals surface area contributed by atoms with Crippen molar-refractivity contribution in [3.05, 3.63) is 64.1 Å². The van der Waals surface area contributed by atoms with Crippen LogP contribution in [0.25, 0.3) is 0 Å². The number of aliphatic imine (C=N–C) groups is 1. The lowest BCUT2D eigenvalue weighted by Gasteiger charge is -2.21. The highest BCUT2D eigenvalue weighted by Crippen LogP contribution is 2.24. The van der Waals surface area contributed by atoms with Gasteiger partial charge in [0.2, 0.25) is 0 Å².